The number of anilines is 2. The Hall–Kier alpha value is -4.33. The number of halogens is 2. The number of fused-ring (bicyclic) bond motifs is 3. The fourth-order valence-corrected chi connectivity index (χ4v) is 8.98. The lowest BCUT2D eigenvalue weighted by Gasteiger charge is -2.17. The molecule has 0 fully saturated rings. The number of aryl methyl sites for hydroxylation is 2. The number of phenols is 1. The van der Waals surface area contributed by atoms with Crippen molar-refractivity contribution in [2.75, 3.05) is 30.5 Å². The number of carbonyl (C=O) groups is 2. The van der Waals surface area contributed by atoms with Crippen molar-refractivity contribution in [2.24, 2.45) is 0 Å². The van der Waals surface area contributed by atoms with E-state index in [2.05, 4.69) is 48.0 Å². The summed E-state index contributed by atoms with van der Waals surface area (Å²) < 4.78 is 40.8. The minimum absolute atomic E-state index is 0.0136. The molecule has 0 spiro atoms. The third kappa shape index (κ3) is 7.31. The molecule has 3 aliphatic rings. The average Bonchev–Trinajstić information content (AvgIpc) is 3.85. The van der Waals surface area contributed by atoms with E-state index in [1.54, 1.807) is 35.2 Å². The molecule has 0 saturated carbocycles. The highest BCUT2D eigenvalue weighted by molar-refractivity contribution is 9.10. The van der Waals surface area contributed by atoms with E-state index >= 15 is 0 Å². The molecule has 270 valence electrons. The summed E-state index contributed by atoms with van der Waals surface area (Å²) in [7, 11) is -2.64. The van der Waals surface area contributed by atoms with Crippen molar-refractivity contribution in [2.45, 2.75) is 56.3 Å². The maximum Gasteiger partial charge on any atom is 0.333 e. The number of amides is 3. The maximum absolute atomic E-state index is 13.7. The van der Waals surface area contributed by atoms with Crippen LogP contribution < -0.4 is 24.4 Å². The van der Waals surface area contributed by atoms with Gasteiger partial charge in [-0.3, -0.25) is 4.79 Å². The Labute approximate surface area is 319 Å². The lowest BCUT2D eigenvalue weighted by atomic mass is 9.99. The van der Waals surface area contributed by atoms with E-state index in [0.29, 0.717) is 53.1 Å². The highest BCUT2D eigenvalue weighted by Gasteiger charge is 2.32. The predicted molar refractivity (Wildman–Crippen MR) is 208 cm³/mol. The number of aromatic hydroxyl groups is 1. The predicted octanol–water partition coefficient (Wildman–Crippen LogP) is 8.16. The molecule has 2 aliphatic carbocycles. The molecule has 10 nitrogen and oxygen atoms in total. The SMILES string of the molecule is COc1cc(/C=C2/C(=O)N(CCCCOc3ccc(S(=O)(=O)NC(=O)Nc4c5c(cc6c4CCC6)CCC5)cc3)c3ccc(Br)cc32)cc(Br)c1O. The molecular formula is C39H37Br2N3O7S. The molecule has 0 radical (unpaired) electrons. The number of sulfonamides is 1. The van der Waals surface area contributed by atoms with Crippen molar-refractivity contribution in [3.63, 3.8) is 0 Å². The monoisotopic (exact) mass is 849 g/mol. The number of ether oxygens (including phenoxy) is 2. The largest absolute Gasteiger partial charge is 0.503 e. The number of carbonyl (C=O) groups excluding carboxylic acids is 2. The summed E-state index contributed by atoms with van der Waals surface area (Å²) in [5, 5.41) is 13.1. The van der Waals surface area contributed by atoms with Gasteiger partial charge in [0.05, 0.1) is 28.8 Å². The standard InChI is InChI=1S/C39H37Br2N3O7S/c1-50-35-20-23(19-33(41)37(35)45)18-32-31-22-26(40)10-15-34(31)44(38(32)46)16-2-3-17-51-27-11-13-28(14-12-27)52(48,49)43-39(47)42-36-29-8-4-6-24(29)21-25-7-5-9-30(25)36/h10-15,18-22,45H,2-9,16-17H2,1H3,(H2,42,43,47)/b32-18+. The number of hydrogen-bond acceptors (Lipinski definition) is 7. The van der Waals surface area contributed by atoms with Crippen molar-refractivity contribution < 1.29 is 32.6 Å². The summed E-state index contributed by atoms with van der Waals surface area (Å²) >= 11 is 6.87. The molecule has 1 aliphatic heterocycles. The highest BCUT2D eigenvalue weighted by Crippen LogP contribution is 2.42. The average molecular weight is 852 g/mol. The van der Waals surface area contributed by atoms with Gasteiger partial charge in [0.25, 0.3) is 15.9 Å². The van der Waals surface area contributed by atoms with Crippen LogP contribution in [0, 0.1) is 0 Å². The van der Waals surface area contributed by atoms with E-state index in [4.69, 9.17) is 9.47 Å². The number of hydrogen-bond donors (Lipinski definition) is 3. The van der Waals surface area contributed by atoms with E-state index in [1.807, 2.05) is 18.2 Å². The van der Waals surface area contributed by atoms with Gasteiger partial charge in [-0.2, -0.15) is 0 Å². The van der Waals surface area contributed by atoms with Crippen LogP contribution in [0.3, 0.4) is 0 Å². The molecule has 0 atom stereocenters. The van der Waals surface area contributed by atoms with Crippen LogP contribution in [0.4, 0.5) is 16.2 Å². The zero-order valence-corrected chi connectivity index (χ0v) is 32.4. The summed E-state index contributed by atoms with van der Waals surface area (Å²) in [6.07, 6.45) is 8.87. The Morgan fingerprint density at radius 1 is 0.942 bits per heavy atom. The molecule has 13 heteroatoms. The van der Waals surface area contributed by atoms with E-state index < -0.39 is 16.1 Å². The van der Waals surface area contributed by atoms with Crippen molar-refractivity contribution in [3.8, 4) is 17.2 Å². The number of nitrogens with one attached hydrogen (secondary N) is 2. The van der Waals surface area contributed by atoms with Crippen LogP contribution in [0.25, 0.3) is 11.6 Å². The zero-order valence-electron chi connectivity index (χ0n) is 28.4. The normalized spacial score (nSPS) is 15.4. The molecule has 3 amide bonds. The fourth-order valence-electron chi connectivity index (χ4n) is 7.25. The van der Waals surface area contributed by atoms with Crippen LogP contribution in [0.5, 0.6) is 17.2 Å². The van der Waals surface area contributed by atoms with Gasteiger partial charge >= 0.3 is 6.03 Å². The summed E-state index contributed by atoms with van der Waals surface area (Å²) in [4.78, 5) is 28.3. The minimum atomic E-state index is -4.11. The first-order valence-electron chi connectivity index (χ1n) is 17.2. The zero-order chi connectivity index (χ0) is 36.6. The molecule has 3 N–H and O–H groups in total. The first-order chi connectivity index (χ1) is 25.0. The number of benzene rings is 4. The minimum Gasteiger partial charge on any atom is -0.503 e. The van der Waals surface area contributed by atoms with Gasteiger partial charge in [0, 0.05) is 27.8 Å². The summed E-state index contributed by atoms with van der Waals surface area (Å²) in [5.74, 6) is 0.641. The molecule has 4 aromatic carbocycles. The molecule has 7 rings (SSSR count). The third-order valence-corrected chi connectivity index (χ3v) is 12.2. The van der Waals surface area contributed by atoms with Crippen LogP contribution in [-0.2, 0) is 40.5 Å². The summed E-state index contributed by atoms with van der Waals surface area (Å²) in [6, 6.07) is 16.6. The van der Waals surface area contributed by atoms with Crippen molar-refractivity contribution in [1.29, 1.82) is 0 Å². The molecule has 0 unspecified atom stereocenters. The summed E-state index contributed by atoms with van der Waals surface area (Å²) in [5.41, 5.74) is 8.37. The first-order valence-corrected chi connectivity index (χ1v) is 20.2. The number of urea groups is 1. The van der Waals surface area contributed by atoms with Gasteiger partial charge in [-0.05, 0) is 156 Å². The summed E-state index contributed by atoms with van der Waals surface area (Å²) in [6.45, 7) is 0.827. The Morgan fingerprint density at radius 3 is 2.35 bits per heavy atom. The molecule has 0 aromatic heterocycles. The lowest BCUT2D eigenvalue weighted by molar-refractivity contribution is -0.113. The topological polar surface area (TPSA) is 134 Å². The van der Waals surface area contributed by atoms with Crippen LogP contribution in [0.2, 0.25) is 0 Å². The van der Waals surface area contributed by atoms with Crippen LogP contribution in [0.1, 0.15) is 59.1 Å². The quantitative estimate of drug-likeness (QED) is 0.102. The molecule has 52 heavy (non-hydrogen) atoms. The van der Waals surface area contributed by atoms with Crippen LogP contribution in [0.15, 0.2) is 74.5 Å². The van der Waals surface area contributed by atoms with Gasteiger partial charge in [0.2, 0.25) is 0 Å². The van der Waals surface area contributed by atoms with Crippen molar-refractivity contribution in [3.05, 3.63) is 103 Å². The van der Waals surface area contributed by atoms with Gasteiger partial charge in [-0.1, -0.05) is 22.0 Å². The van der Waals surface area contributed by atoms with Gasteiger partial charge < -0.3 is 24.8 Å². The van der Waals surface area contributed by atoms with E-state index in [9.17, 15) is 23.1 Å². The highest BCUT2D eigenvalue weighted by atomic mass is 79.9. The van der Waals surface area contributed by atoms with Crippen LogP contribution >= 0.6 is 31.9 Å². The number of unbranched alkanes of at least 4 members (excludes halogenated alkanes) is 1. The molecule has 0 bridgehead atoms. The second-order valence-corrected chi connectivity index (χ2v) is 16.5. The molecule has 0 saturated heterocycles. The van der Waals surface area contributed by atoms with E-state index in [0.717, 1.165) is 71.1 Å². The second kappa shape index (κ2) is 15.0. The molecular weight excluding hydrogens is 814 g/mol. The van der Waals surface area contributed by atoms with Gasteiger partial charge in [-0.25, -0.2) is 17.9 Å². The van der Waals surface area contributed by atoms with Crippen molar-refractivity contribution >= 4 is 76.8 Å². The van der Waals surface area contributed by atoms with Gasteiger partial charge in [-0.15, -0.1) is 0 Å². The van der Waals surface area contributed by atoms with E-state index in [-0.39, 0.29) is 16.6 Å². The maximum atomic E-state index is 13.7. The lowest BCUT2D eigenvalue weighted by Crippen LogP contribution is -2.35. The fraction of sp³-hybridized carbons (Fsp3) is 0.282. The van der Waals surface area contributed by atoms with Gasteiger partial charge in [0.15, 0.2) is 11.5 Å². The Kier molecular flexibility index (Phi) is 10.4. The Morgan fingerprint density at radius 2 is 1.65 bits per heavy atom. The smallest absolute Gasteiger partial charge is 0.333 e. The van der Waals surface area contributed by atoms with Crippen molar-refractivity contribution in [1.82, 2.24) is 4.72 Å². The second-order valence-electron chi connectivity index (χ2n) is 13.1. The Bertz CT molecular complexity index is 2190. The number of phenolic OH excluding ortho intramolecular Hbond substituents is 1. The van der Waals surface area contributed by atoms with E-state index in [1.165, 1.54) is 30.4 Å². The number of nitrogens with zero attached hydrogens (tertiary/aromatic N) is 1. The Balaban J connectivity index is 0.935. The van der Waals surface area contributed by atoms with Gasteiger partial charge in [0.1, 0.15) is 5.75 Å². The molecule has 4 aromatic rings. The number of rotatable bonds is 11. The number of methoxy groups -OCH3 is 1. The molecule has 1 heterocycles. The third-order valence-electron chi connectivity index (χ3n) is 9.71. The first kappa shape index (κ1) is 36.0. The van der Waals surface area contributed by atoms with Crippen LogP contribution in [-0.4, -0.2) is 45.7 Å².